The number of aryl methyl sites for hydroxylation is 1. The number of aliphatic hydroxyl groups excluding tert-OH is 1. The van der Waals surface area contributed by atoms with E-state index in [0.717, 1.165) is 11.1 Å². The van der Waals surface area contributed by atoms with E-state index in [1.807, 2.05) is 31.2 Å². The molecule has 7 heteroatoms. The minimum absolute atomic E-state index is 0.113. The van der Waals surface area contributed by atoms with E-state index in [1.165, 1.54) is 6.20 Å². The summed E-state index contributed by atoms with van der Waals surface area (Å²) in [6.45, 7) is 2.09. The molecule has 0 aliphatic rings. The average Bonchev–Trinajstić information content (AvgIpc) is 2.63. The molecule has 0 fully saturated rings. The Morgan fingerprint density at radius 1 is 1.20 bits per heavy atom. The van der Waals surface area contributed by atoms with Crippen molar-refractivity contribution in [1.29, 1.82) is 0 Å². The lowest BCUT2D eigenvalue weighted by Crippen LogP contribution is -2.38. The van der Waals surface area contributed by atoms with Crippen LogP contribution < -0.4 is 10.6 Å². The van der Waals surface area contributed by atoms with Crippen LogP contribution in [-0.2, 0) is 14.3 Å². The molecule has 2 amide bonds. The van der Waals surface area contributed by atoms with Gasteiger partial charge in [-0.2, -0.15) is 0 Å². The highest BCUT2D eigenvalue weighted by Gasteiger charge is 2.18. The molecule has 1 heterocycles. The van der Waals surface area contributed by atoms with Crippen LogP contribution in [0.5, 0.6) is 0 Å². The largest absolute Gasteiger partial charge is 0.394 e. The van der Waals surface area contributed by atoms with E-state index in [0.29, 0.717) is 5.69 Å². The third-order valence-electron chi connectivity index (χ3n) is 3.43. The quantitative estimate of drug-likeness (QED) is 0.656. The van der Waals surface area contributed by atoms with Gasteiger partial charge in [0.2, 0.25) is 0 Å². The molecule has 0 aliphatic heterocycles. The smallest absolute Gasteiger partial charge is 0.313 e. The number of aromatic nitrogens is 1. The number of hydrogen-bond donors (Lipinski definition) is 3. The second kappa shape index (κ2) is 9.51. The normalized spacial score (nSPS) is 11.6. The summed E-state index contributed by atoms with van der Waals surface area (Å²) in [5.41, 5.74) is 2.39. The van der Waals surface area contributed by atoms with Gasteiger partial charge in [0.05, 0.1) is 31.2 Å². The molecule has 25 heavy (non-hydrogen) atoms. The van der Waals surface area contributed by atoms with Gasteiger partial charge < -0.3 is 20.5 Å². The first kappa shape index (κ1) is 18.6. The second-order valence-electron chi connectivity index (χ2n) is 5.40. The van der Waals surface area contributed by atoms with Crippen molar-refractivity contribution in [3.05, 3.63) is 59.9 Å². The molecule has 7 nitrogen and oxygen atoms in total. The van der Waals surface area contributed by atoms with Crippen molar-refractivity contribution in [2.24, 2.45) is 0 Å². The maximum atomic E-state index is 12.0. The lowest BCUT2D eigenvalue weighted by molar-refractivity contribution is -0.136. The van der Waals surface area contributed by atoms with Gasteiger partial charge in [-0.25, -0.2) is 0 Å². The van der Waals surface area contributed by atoms with Crippen LogP contribution in [-0.4, -0.2) is 41.7 Å². The zero-order chi connectivity index (χ0) is 18.1. The highest BCUT2D eigenvalue weighted by atomic mass is 16.5. The van der Waals surface area contributed by atoms with E-state index < -0.39 is 17.9 Å². The molecule has 0 saturated heterocycles. The Balaban J connectivity index is 1.93. The first-order valence-corrected chi connectivity index (χ1v) is 7.88. The summed E-state index contributed by atoms with van der Waals surface area (Å²) in [6.07, 6.45) is 2.56. The van der Waals surface area contributed by atoms with Gasteiger partial charge in [0.25, 0.3) is 0 Å². The molecule has 1 aromatic heterocycles. The van der Waals surface area contributed by atoms with Crippen LogP contribution in [0.4, 0.5) is 5.69 Å². The maximum Gasteiger partial charge on any atom is 0.313 e. The molecule has 0 unspecified atom stereocenters. The summed E-state index contributed by atoms with van der Waals surface area (Å²) < 4.78 is 5.56. The molecule has 0 bridgehead atoms. The minimum atomic E-state index is -0.780. The number of nitrogens with zero attached hydrogens (tertiary/aromatic N) is 1. The molecule has 2 aromatic rings. The molecule has 1 aromatic carbocycles. The van der Waals surface area contributed by atoms with Crippen LogP contribution in [0.1, 0.15) is 17.2 Å². The van der Waals surface area contributed by atoms with Gasteiger partial charge in [0, 0.05) is 12.7 Å². The van der Waals surface area contributed by atoms with Gasteiger partial charge in [-0.1, -0.05) is 29.8 Å². The lowest BCUT2D eigenvalue weighted by atomic mass is 10.1. The number of rotatable bonds is 7. The Bertz CT molecular complexity index is 689. The molecule has 0 aliphatic carbocycles. The molecule has 132 valence electrons. The van der Waals surface area contributed by atoms with Gasteiger partial charge >= 0.3 is 11.8 Å². The van der Waals surface area contributed by atoms with Crippen LogP contribution in [0.15, 0.2) is 48.8 Å². The summed E-state index contributed by atoms with van der Waals surface area (Å²) in [6, 6.07) is 10.9. The first-order valence-electron chi connectivity index (χ1n) is 7.88. The van der Waals surface area contributed by atoms with Crippen LogP contribution in [0.3, 0.4) is 0 Å². The lowest BCUT2D eigenvalue weighted by Gasteiger charge is -2.18. The number of anilines is 1. The topological polar surface area (TPSA) is 101 Å². The SMILES string of the molecule is Cc1ccc([C@H](CNC(=O)C(=O)Nc2cccnc2)OCCO)cc1. The number of carbonyl (C=O) groups excluding carboxylic acids is 2. The number of benzene rings is 1. The van der Waals surface area contributed by atoms with E-state index in [4.69, 9.17) is 9.84 Å². The standard InChI is InChI=1S/C18H21N3O4/c1-13-4-6-14(7-5-13)16(25-10-9-22)12-20-17(23)18(24)21-15-3-2-8-19-11-15/h2-8,11,16,22H,9-10,12H2,1H3,(H,20,23)(H,21,24)/t16-/m0/s1. The highest BCUT2D eigenvalue weighted by molar-refractivity contribution is 6.39. The van der Waals surface area contributed by atoms with Crippen molar-refractivity contribution < 1.29 is 19.4 Å². The predicted molar refractivity (Wildman–Crippen MR) is 92.8 cm³/mol. The van der Waals surface area contributed by atoms with Crippen molar-refractivity contribution in [3.63, 3.8) is 0 Å². The van der Waals surface area contributed by atoms with E-state index in [1.54, 1.807) is 18.3 Å². The fraction of sp³-hybridized carbons (Fsp3) is 0.278. The van der Waals surface area contributed by atoms with Crippen molar-refractivity contribution in [2.45, 2.75) is 13.0 Å². The summed E-state index contributed by atoms with van der Waals surface area (Å²) in [5, 5.41) is 14.0. The van der Waals surface area contributed by atoms with Gasteiger partial charge in [-0.15, -0.1) is 0 Å². The van der Waals surface area contributed by atoms with Crippen molar-refractivity contribution >= 4 is 17.5 Å². The predicted octanol–water partition coefficient (Wildman–Crippen LogP) is 1.19. The van der Waals surface area contributed by atoms with Crippen molar-refractivity contribution in [1.82, 2.24) is 10.3 Å². The van der Waals surface area contributed by atoms with Crippen LogP contribution in [0.25, 0.3) is 0 Å². The average molecular weight is 343 g/mol. The fourth-order valence-corrected chi connectivity index (χ4v) is 2.14. The summed E-state index contributed by atoms with van der Waals surface area (Å²) in [7, 11) is 0. The molecule has 1 atom stereocenters. The summed E-state index contributed by atoms with van der Waals surface area (Å²) >= 11 is 0. The fourth-order valence-electron chi connectivity index (χ4n) is 2.14. The molecule has 0 radical (unpaired) electrons. The number of nitrogens with one attached hydrogen (secondary N) is 2. The molecular formula is C18H21N3O4. The zero-order valence-corrected chi connectivity index (χ0v) is 13.9. The maximum absolute atomic E-state index is 12.0. The molecular weight excluding hydrogens is 322 g/mol. The number of aliphatic hydroxyl groups is 1. The monoisotopic (exact) mass is 343 g/mol. The minimum Gasteiger partial charge on any atom is -0.394 e. The number of ether oxygens (including phenoxy) is 1. The third kappa shape index (κ3) is 5.98. The van der Waals surface area contributed by atoms with E-state index in [9.17, 15) is 9.59 Å². The Labute approximate surface area is 146 Å². The molecule has 0 saturated carbocycles. The number of pyridine rings is 1. The summed E-state index contributed by atoms with van der Waals surface area (Å²) in [4.78, 5) is 27.7. The Kier molecular flexibility index (Phi) is 7.06. The van der Waals surface area contributed by atoms with E-state index >= 15 is 0 Å². The number of amides is 2. The molecule has 2 rings (SSSR count). The van der Waals surface area contributed by atoms with Gasteiger partial charge in [0.15, 0.2) is 0 Å². The Morgan fingerprint density at radius 2 is 1.96 bits per heavy atom. The van der Waals surface area contributed by atoms with Gasteiger partial charge in [-0.3, -0.25) is 14.6 Å². The zero-order valence-electron chi connectivity index (χ0n) is 13.9. The molecule has 0 spiro atoms. The highest BCUT2D eigenvalue weighted by Crippen LogP contribution is 2.17. The third-order valence-corrected chi connectivity index (χ3v) is 3.43. The van der Waals surface area contributed by atoms with Crippen molar-refractivity contribution in [3.8, 4) is 0 Å². The Hall–Kier alpha value is -2.77. The van der Waals surface area contributed by atoms with Crippen LogP contribution in [0, 0.1) is 6.92 Å². The van der Waals surface area contributed by atoms with Crippen molar-refractivity contribution in [2.75, 3.05) is 25.1 Å². The van der Waals surface area contributed by atoms with E-state index in [2.05, 4.69) is 15.6 Å². The number of hydrogen-bond acceptors (Lipinski definition) is 5. The summed E-state index contributed by atoms with van der Waals surface area (Å²) in [5.74, 6) is -1.55. The van der Waals surface area contributed by atoms with Crippen LogP contribution in [0.2, 0.25) is 0 Å². The Morgan fingerprint density at radius 3 is 2.60 bits per heavy atom. The second-order valence-corrected chi connectivity index (χ2v) is 5.40. The number of carbonyl (C=O) groups is 2. The van der Waals surface area contributed by atoms with E-state index in [-0.39, 0.29) is 19.8 Å². The molecule has 3 N–H and O–H groups in total. The van der Waals surface area contributed by atoms with Gasteiger partial charge in [0.1, 0.15) is 0 Å². The van der Waals surface area contributed by atoms with Gasteiger partial charge in [-0.05, 0) is 24.6 Å². The first-order chi connectivity index (χ1) is 12.1. The van der Waals surface area contributed by atoms with Crippen LogP contribution >= 0.6 is 0 Å².